The number of hydrogen-bond donors (Lipinski definition) is 0. The van der Waals surface area contributed by atoms with Crippen LogP contribution in [0, 0.1) is 11.8 Å². The van der Waals surface area contributed by atoms with Gasteiger partial charge < -0.3 is 0 Å². The molecular formula is C30H40Si. The number of rotatable bonds is 6. The molecule has 0 aliphatic heterocycles. The summed E-state index contributed by atoms with van der Waals surface area (Å²) in [4.78, 5) is 0. The minimum Gasteiger partial charge on any atom is -0.0630 e. The topological polar surface area (TPSA) is 0 Å². The fraction of sp³-hybridized carbons (Fsp3) is 0.467. The zero-order valence-electron chi connectivity index (χ0n) is 20.9. The fourth-order valence-electron chi connectivity index (χ4n) is 6.28. The zero-order valence-corrected chi connectivity index (χ0v) is 21.9. The molecule has 31 heavy (non-hydrogen) atoms. The summed E-state index contributed by atoms with van der Waals surface area (Å²) in [6.07, 6.45) is 4.54. The van der Waals surface area contributed by atoms with Crippen LogP contribution in [0.4, 0.5) is 0 Å². The van der Waals surface area contributed by atoms with Gasteiger partial charge in [0.05, 0.1) is 0 Å². The molecule has 0 amide bonds. The SMILES string of the molecule is CCc1cccc2c1C([Si](C)(C)C1=C(C(C)C)Cc3cccc(CC)c31)=C(C(C)C)C2. The van der Waals surface area contributed by atoms with Crippen LogP contribution in [0.3, 0.4) is 0 Å². The smallest absolute Gasteiger partial charge is 0.0630 e. The third-order valence-corrected chi connectivity index (χ3v) is 11.4. The Hall–Kier alpha value is -1.86. The van der Waals surface area contributed by atoms with Gasteiger partial charge in [-0.3, -0.25) is 0 Å². The molecule has 2 aliphatic rings. The summed E-state index contributed by atoms with van der Waals surface area (Å²) in [5, 5.41) is 3.53. The Morgan fingerprint density at radius 1 is 0.677 bits per heavy atom. The maximum absolute atomic E-state index is 2.66. The summed E-state index contributed by atoms with van der Waals surface area (Å²) >= 11 is 0. The van der Waals surface area contributed by atoms with Gasteiger partial charge in [-0.05, 0) is 81.3 Å². The van der Waals surface area contributed by atoms with Gasteiger partial charge in [-0.2, -0.15) is 0 Å². The average molecular weight is 429 g/mol. The van der Waals surface area contributed by atoms with Crippen molar-refractivity contribution in [3.05, 3.63) is 80.9 Å². The van der Waals surface area contributed by atoms with E-state index >= 15 is 0 Å². The van der Waals surface area contributed by atoms with Crippen molar-refractivity contribution in [2.24, 2.45) is 11.8 Å². The highest BCUT2D eigenvalue weighted by atomic mass is 28.3. The van der Waals surface area contributed by atoms with Crippen LogP contribution in [0.25, 0.3) is 10.4 Å². The van der Waals surface area contributed by atoms with Crippen LogP contribution in [-0.4, -0.2) is 8.07 Å². The summed E-state index contributed by atoms with van der Waals surface area (Å²) in [5.74, 6) is 1.20. The number of hydrogen-bond acceptors (Lipinski definition) is 0. The Labute approximate surface area is 191 Å². The molecule has 2 aromatic carbocycles. The van der Waals surface area contributed by atoms with E-state index in [-0.39, 0.29) is 0 Å². The first-order chi connectivity index (χ1) is 14.7. The van der Waals surface area contributed by atoms with Gasteiger partial charge in [0.25, 0.3) is 0 Å². The van der Waals surface area contributed by atoms with Crippen LogP contribution in [0.5, 0.6) is 0 Å². The highest BCUT2D eigenvalue weighted by Gasteiger charge is 2.43. The number of allylic oxidation sites excluding steroid dienone is 2. The van der Waals surface area contributed by atoms with Crippen LogP contribution < -0.4 is 0 Å². The molecule has 0 bridgehead atoms. The van der Waals surface area contributed by atoms with Crippen molar-refractivity contribution in [2.45, 2.75) is 80.3 Å². The number of aryl methyl sites for hydroxylation is 2. The van der Waals surface area contributed by atoms with Gasteiger partial charge in [0.1, 0.15) is 8.07 Å². The molecule has 0 N–H and O–H groups in total. The second-order valence-electron chi connectivity index (χ2n) is 10.7. The molecular weight excluding hydrogens is 388 g/mol. The van der Waals surface area contributed by atoms with Crippen molar-refractivity contribution in [1.82, 2.24) is 0 Å². The summed E-state index contributed by atoms with van der Waals surface area (Å²) < 4.78 is 0. The van der Waals surface area contributed by atoms with Gasteiger partial charge >= 0.3 is 0 Å². The summed E-state index contributed by atoms with van der Waals surface area (Å²) in [5.41, 5.74) is 12.9. The monoisotopic (exact) mass is 428 g/mol. The number of benzene rings is 2. The second-order valence-corrected chi connectivity index (χ2v) is 14.9. The van der Waals surface area contributed by atoms with Gasteiger partial charge in [0.15, 0.2) is 0 Å². The van der Waals surface area contributed by atoms with Gasteiger partial charge in [-0.15, -0.1) is 0 Å². The average Bonchev–Trinajstić information content (AvgIpc) is 3.33. The Kier molecular flexibility index (Phi) is 5.94. The fourth-order valence-corrected chi connectivity index (χ4v) is 10.8. The lowest BCUT2D eigenvalue weighted by molar-refractivity contribution is 0.752. The molecule has 2 aliphatic carbocycles. The lowest BCUT2D eigenvalue weighted by Crippen LogP contribution is -2.33. The van der Waals surface area contributed by atoms with E-state index in [4.69, 9.17) is 0 Å². The van der Waals surface area contributed by atoms with E-state index < -0.39 is 8.07 Å². The Morgan fingerprint density at radius 3 is 1.39 bits per heavy atom. The molecule has 0 radical (unpaired) electrons. The van der Waals surface area contributed by atoms with Gasteiger partial charge in [-0.25, -0.2) is 0 Å². The third-order valence-electron chi connectivity index (χ3n) is 7.78. The van der Waals surface area contributed by atoms with Crippen LogP contribution in [0.15, 0.2) is 47.5 Å². The van der Waals surface area contributed by atoms with Crippen molar-refractivity contribution >= 4 is 18.5 Å². The van der Waals surface area contributed by atoms with Crippen molar-refractivity contribution in [3.8, 4) is 0 Å². The van der Waals surface area contributed by atoms with E-state index in [0.717, 1.165) is 25.7 Å². The second kappa shape index (κ2) is 8.24. The van der Waals surface area contributed by atoms with E-state index in [1.165, 1.54) is 0 Å². The molecule has 2 aromatic rings. The van der Waals surface area contributed by atoms with Crippen molar-refractivity contribution in [1.29, 1.82) is 0 Å². The van der Waals surface area contributed by atoms with Crippen LogP contribution in [-0.2, 0) is 25.7 Å². The normalized spacial score (nSPS) is 16.1. The molecule has 0 saturated heterocycles. The van der Waals surface area contributed by atoms with Crippen LogP contribution in [0.1, 0.15) is 74.9 Å². The lowest BCUT2D eigenvalue weighted by Gasteiger charge is -2.33. The highest BCUT2D eigenvalue weighted by molar-refractivity contribution is 7.09. The van der Waals surface area contributed by atoms with E-state index in [2.05, 4.69) is 91.0 Å². The number of fused-ring (bicyclic) bond motifs is 2. The third kappa shape index (κ3) is 3.50. The van der Waals surface area contributed by atoms with Gasteiger partial charge in [0.2, 0.25) is 0 Å². The largest absolute Gasteiger partial charge is 0.113 e. The molecule has 0 aromatic heterocycles. The standard InChI is InChI=1S/C30H40Si/c1-9-21-13-11-15-23-17-25(19(3)4)29(27(21)23)31(7,8)30-26(20(5)6)18-24-16-12-14-22(10-2)28(24)30/h11-16,19-20H,9-10,17-18H2,1-8H3. The molecule has 0 nitrogen and oxygen atoms in total. The molecule has 4 rings (SSSR count). The van der Waals surface area contributed by atoms with Crippen molar-refractivity contribution in [2.75, 3.05) is 0 Å². The van der Waals surface area contributed by atoms with E-state index in [1.54, 1.807) is 54.9 Å². The predicted octanol–water partition coefficient (Wildman–Crippen LogP) is 8.23. The molecule has 0 unspecified atom stereocenters. The van der Waals surface area contributed by atoms with E-state index in [1.807, 2.05) is 0 Å². The molecule has 1 heteroatoms. The minimum absolute atomic E-state index is 0.601. The molecule has 164 valence electrons. The Bertz CT molecular complexity index is 990. The van der Waals surface area contributed by atoms with Crippen LogP contribution >= 0.6 is 0 Å². The van der Waals surface area contributed by atoms with Crippen molar-refractivity contribution in [3.63, 3.8) is 0 Å². The lowest BCUT2D eigenvalue weighted by atomic mass is 10.0. The van der Waals surface area contributed by atoms with Crippen molar-refractivity contribution < 1.29 is 0 Å². The van der Waals surface area contributed by atoms with Gasteiger partial charge in [0, 0.05) is 0 Å². The van der Waals surface area contributed by atoms with Crippen LogP contribution in [0.2, 0.25) is 13.1 Å². The zero-order chi connectivity index (χ0) is 22.5. The predicted molar refractivity (Wildman–Crippen MR) is 140 cm³/mol. The molecule has 0 atom stereocenters. The first-order valence-corrected chi connectivity index (χ1v) is 15.4. The molecule has 0 spiro atoms. The summed E-state index contributed by atoms with van der Waals surface area (Å²) in [6.45, 7) is 19.6. The quantitative estimate of drug-likeness (QED) is 0.406. The van der Waals surface area contributed by atoms with E-state index in [9.17, 15) is 0 Å². The molecule has 0 heterocycles. The Balaban J connectivity index is 2.03. The first-order valence-electron chi connectivity index (χ1n) is 12.4. The summed E-state index contributed by atoms with van der Waals surface area (Å²) in [7, 11) is -1.93. The maximum Gasteiger partial charge on any atom is 0.113 e. The maximum atomic E-state index is 2.66. The summed E-state index contributed by atoms with van der Waals surface area (Å²) in [6, 6.07) is 14.1. The van der Waals surface area contributed by atoms with Gasteiger partial charge in [-0.1, -0.05) is 102 Å². The van der Waals surface area contributed by atoms with E-state index in [0.29, 0.717) is 11.8 Å². The highest BCUT2D eigenvalue weighted by Crippen LogP contribution is 2.52. The first kappa shape index (κ1) is 22.3. The Morgan fingerprint density at radius 2 is 1.06 bits per heavy atom. The molecule has 0 fully saturated rings. The minimum atomic E-state index is -1.93. The molecule has 0 saturated carbocycles.